The third-order valence-corrected chi connectivity index (χ3v) is 3.73. The number of hydrogen-bond acceptors (Lipinski definition) is 1. The van der Waals surface area contributed by atoms with Crippen LogP contribution in [0, 0.1) is 18.6 Å². The summed E-state index contributed by atoms with van der Waals surface area (Å²) < 4.78 is 26.9. The van der Waals surface area contributed by atoms with Gasteiger partial charge in [0.25, 0.3) is 5.91 Å². The van der Waals surface area contributed by atoms with Gasteiger partial charge in [-0.15, -0.1) is 0 Å². The van der Waals surface area contributed by atoms with E-state index < -0.39 is 17.7 Å². The molecule has 110 valence electrons. The maximum Gasteiger partial charge on any atom is 0.252 e. The van der Waals surface area contributed by atoms with Gasteiger partial charge in [0.15, 0.2) is 11.6 Å². The molecule has 0 aromatic heterocycles. The second kappa shape index (κ2) is 6.35. The predicted molar refractivity (Wildman–Crippen MR) is 81.1 cm³/mol. The number of benzene rings is 2. The van der Waals surface area contributed by atoms with Crippen LogP contribution < -0.4 is 5.32 Å². The highest BCUT2D eigenvalue weighted by Gasteiger charge is 2.15. The summed E-state index contributed by atoms with van der Waals surface area (Å²) in [6.07, 6.45) is 0. The van der Waals surface area contributed by atoms with E-state index in [4.69, 9.17) is 0 Å². The highest BCUT2D eigenvalue weighted by atomic mass is 79.9. The Morgan fingerprint density at radius 1 is 1.14 bits per heavy atom. The van der Waals surface area contributed by atoms with Gasteiger partial charge < -0.3 is 5.32 Å². The molecule has 2 aromatic rings. The first-order valence-electron chi connectivity index (χ1n) is 6.40. The first kappa shape index (κ1) is 15.6. The van der Waals surface area contributed by atoms with E-state index in [1.807, 2.05) is 19.1 Å². The second-order valence-corrected chi connectivity index (χ2v) is 5.74. The summed E-state index contributed by atoms with van der Waals surface area (Å²) in [5, 5.41) is 2.78. The standard InChI is InChI=1S/C16H14BrF2NO/c1-9-3-5-12(17)8-13(9)16(21)20-10(2)11-4-6-14(18)15(19)7-11/h3-8,10H,1-2H3,(H,20,21). The molecular weight excluding hydrogens is 340 g/mol. The van der Waals surface area contributed by atoms with Gasteiger partial charge in [-0.2, -0.15) is 0 Å². The number of halogens is 3. The van der Waals surface area contributed by atoms with Crippen LogP contribution in [0.4, 0.5) is 8.78 Å². The van der Waals surface area contributed by atoms with Crippen molar-refractivity contribution in [3.8, 4) is 0 Å². The smallest absolute Gasteiger partial charge is 0.252 e. The Bertz CT molecular complexity index is 688. The molecule has 1 N–H and O–H groups in total. The van der Waals surface area contributed by atoms with Crippen LogP contribution in [0.2, 0.25) is 0 Å². The monoisotopic (exact) mass is 353 g/mol. The number of carbonyl (C=O) groups is 1. The van der Waals surface area contributed by atoms with Crippen molar-refractivity contribution in [2.24, 2.45) is 0 Å². The van der Waals surface area contributed by atoms with E-state index in [0.717, 1.165) is 22.2 Å². The van der Waals surface area contributed by atoms with Crippen molar-refractivity contribution in [2.45, 2.75) is 19.9 Å². The van der Waals surface area contributed by atoms with Crippen LogP contribution in [0.1, 0.15) is 34.5 Å². The Morgan fingerprint density at radius 2 is 1.86 bits per heavy atom. The van der Waals surface area contributed by atoms with Gasteiger partial charge in [-0.3, -0.25) is 4.79 Å². The zero-order valence-corrected chi connectivity index (χ0v) is 13.2. The molecule has 1 amide bonds. The number of rotatable bonds is 3. The summed E-state index contributed by atoms with van der Waals surface area (Å²) >= 11 is 3.32. The first-order valence-corrected chi connectivity index (χ1v) is 7.19. The Morgan fingerprint density at radius 3 is 2.52 bits per heavy atom. The minimum atomic E-state index is -0.924. The van der Waals surface area contributed by atoms with Gasteiger partial charge in [0.05, 0.1) is 6.04 Å². The van der Waals surface area contributed by atoms with Gasteiger partial charge in [0, 0.05) is 10.0 Å². The van der Waals surface area contributed by atoms with Gasteiger partial charge in [0.1, 0.15) is 0 Å². The molecule has 0 spiro atoms. The minimum Gasteiger partial charge on any atom is -0.346 e. The summed E-state index contributed by atoms with van der Waals surface area (Å²) in [5.41, 5.74) is 1.89. The lowest BCUT2D eigenvalue weighted by atomic mass is 10.1. The third kappa shape index (κ3) is 3.67. The van der Waals surface area contributed by atoms with Crippen LogP contribution in [0.25, 0.3) is 0 Å². The maximum absolute atomic E-state index is 13.2. The quantitative estimate of drug-likeness (QED) is 0.862. The van der Waals surface area contributed by atoms with E-state index in [0.29, 0.717) is 11.1 Å². The van der Waals surface area contributed by atoms with E-state index >= 15 is 0 Å². The molecule has 0 aliphatic rings. The summed E-state index contributed by atoms with van der Waals surface area (Å²) in [6, 6.07) is 8.59. The lowest BCUT2D eigenvalue weighted by Gasteiger charge is -2.15. The molecule has 2 nitrogen and oxygen atoms in total. The highest BCUT2D eigenvalue weighted by molar-refractivity contribution is 9.10. The number of amides is 1. The number of hydrogen-bond donors (Lipinski definition) is 1. The second-order valence-electron chi connectivity index (χ2n) is 4.83. The highest BCUT2D eigenvalue weighted by Crippen LogP contribution is 2.19. The average Bonchev–Trinajstić information content (AvgIpc) is 2.44. The van der Waals surface area contributed by atoms with Gasteiger partial charge in [0.2, 0.25) is 0 Å². The predicted octanol–water partition coefficient (Wildman–Crippen LogP) is 4.53. The zero-order valence-electron chi connectivity index (χ0n) is 11.6. The van der Waals surface area contributed by atoms with Crippen LogP contribution in [0.15, 0.2) is 40.9 Å². The molecule has 2 aromatic carbocycles. The summed E-state index contributed by atoms with van der Waals surface area (Å²) in [4.78, 5) is 12.3. The molecule has 0 aliphatic carbocycles. The molecule has 0 saturated carbocycles. The maximum atomic E-state index is 13.2. The molecule has 0 heterocycles. The van der Waals surface area contributed by atoms with Crippen LogP contribution in [0.3, 0.4) is 0 Å². The average molecular weight is 354 g/mol. The molecular formula is C16H14BrF2NO. The third-order valence-electron chi connectivity index (χ3n) is 3.24. The van der Waals surface area contributed by atoms with Gasteiger partial charge in [-0.05, 0) is 49.2 Å². The van der Waals surface area contributed by atoms with Crippen molar-refractivity contribution in [1.82, 2.24) is 5.32 Å². The molecule has 1 unspecified atom stereocenters. The Labute approximate surface area is 130 Å². The SMILES string of the molecule is Cc1ccc(Br)cc1C(=O)NC(C)c1ccc(F)c(F)c1. The van der Waals surface area contributed by atoms with Crippen LogP contribution >= 0.6 is 15.9 Å². The first-order chi connectivity index (χ1) is 9.88. The molecule has 0 radical (unpaired) electrons. The van der Waals surface area contributed by atoms with Crippen molar-refractivity contribution in [2.75, 3.05) is 0 Å². The summed E-state index contributed by atoms with van der Waals surface area (Å²) in [5.74, 6) is -2.08. The Balaban J connectivity index is 2.18. The van der Waals surface area contributed by atoms with E-state index in [1.165, 1.54) is 6.07 Å². The van der Waals surface area contributed by atoms with Crippen LogP contribution in [-0.2, 0) is 0 Å². The topological polar surface area (TPSA) is 29.1 Å². The van der Waals surface area contributed by atoms with Crippen molar-refractivity contribution >= 4 is 21.8 Å². The zero-order chi connectivity index (χ0) is 15.6. The lowest BCUT2D eigenvalue weighted by molar-refractivity contribution is 0.0939. The van der Waals surface area contributed by atoms with E-state index in [9.17, 15) is 13.6 Å². The van der Waals surface area contributed by atoms with Crippen molar-refractivity contribution in [3.63, 3.8) is 0 Å². The number of aryl methyl sites for hydroxylation is 1. The molecule has 21 heavy (non-hydrogen) atoms. The fourth-order valence-electron chi connectivity index (χ4n) is 1.98. The number of carbonyl (C=O) groups excluding carboxylic acids is 1. The molecule has 2 rings (SSSR count). The van der Waals surface area contributed by atoms with E-state index in [-0.39, 0.29) is 5.91 Å². The molecule has 0 aliphatic heterocycles. The van der Waals surface area contributed by atoms with E-state index in [1.54, 1.807) is 13.0 Å². The van der Waals surface area contributed by atoms with Gasteiger partial charge >= 0.3 is 0 Å². The largest absolute Gasteiger partial charge is 0.346 e. The normalized spacial score (nSPS) is 12.0. The number of nitrogens with one attached hydrogen (secondary N) is 1. The lowest BCUT2D eigenvalue weighted by Crippen LogP contribution is -2.27. The fourth-order valence-corrected chi connectivity index (χ4v) is 2.34. The summed E-state index contributed by atoms with van der Waals surface area (Å²) in [7, 11) is 0. The van der Waals surface area contributed by atoms with Crippen molar-refractivity contribution in [3.05, 3.63) is 69.2 Å². The molecule has 0 saturated heterocycles. The Hall–Kier alpha value is -1.75. The van der Waals surface area contributed by atoms with Gasteiger partial charge in [-0.25, -0.2) is 8.78 Å². The van der Waals surface area contributed by atoms with Crippen LogP contribution in [-0.4, -0.2) is 5.91 Å². The Kier molecular flexibility index (Phi) is 4.73. The van der Waals surface area contributed by atoms with Crippen LogP contribution in [0.5, 0.6) is 0 Å². The fraction of sp³-hybridized carbons (Fsp3) is 0.188. The van der Waals surface area contributed by atoms with Gasteiger partial charge in [-0.1, -0.05) is 28.1 Å². The molecule has 0 fully saturated rings. The molecule has 5 heteroatoms. The van der Waals surface area contributed by atoms with Crippen molar-refractivity contribution in [1.29, 1.82) is 0 Å². The minimum absolute atomic E-state index is 0.258. The van der Waals surface area contributed by atoms with Crippen molar-refractivity contribution < 1.29 is 13.6 Å². The van der Waals surface area contributed by atoms with E-state index in [2.05, 4.69) is 21.2 Å². The molecule has 0 bridgehead atoms. The molecule has 1 atom stereocenters. The summed E-state index contributed by atoms with van der Waals surface area (Å²) in [6.45, 7) is 3.56.